The molecule has 160 valence electrons. The molecule has 2 N–H and O–H groups in total. The molecule has 0 radical (unpaired) electrons. The van der Waals surface area contributed by atoms with E-state index in [1.165, 1.54) is 13.0 Å². The van der Waals surface area contributed by atoms with Crippen LogP contribution in [0.1, 0.15) is 38.9 Å². The number of nitrogens with zero attached hydrogens (tertiary/aromatic N) is 5. The molecule has 9 heteroatoms. The molecule has 0 atom stereocenters. The third-order valence-electron chi connectivity index (χ3n) is 4.77. The molecular weight excluding hydrogens is 481 g/mol. The van der Waals surface area contributed by atoms with Crippen molar-refractivity contribution >= 4 is 29.9 Å². The Morgan fingerprint density at radius 3 is 2.79 bits per heavy atom. The summed E-state index contributed by atoms with van der Waals surface area (Å²) in [5.41, 5.74) is 0.689. The Kier molecular flexibility index (Phi) is 10.3. The number of halogens is 1. The van der Waals surface area contributed by atoms with Gasteiger partial charge in [-0.05, 0) is 44.9 Å². The normalized spacial score (nSPS) is 15.7. The summed E-state index contributed by atoms with van der Waals surface area (Å²) in [6, 6.07) is 6.09. The first-order valence-corrected chi connectivity index (χ1v) is 10.3. The van der Waals surface area contributed by atoms with Gasteiger partial charge in [0.1, 0.15) is 5.69 Å². The van der Waals surface area contributed by atoms with Crippen LogP contribution in [-0.2, 0) is 6.42 Å². The van der Waals surface area contributed by atoms with E-state index in [-0.39, 0.29) is 24.0 Å². The fourth-order valence-corrected chi connectivity index (χ4v) is 3.35. The van der Waals surface area contributed by atoms with Crippen LogP contribution in [0.5, 0.6) is 0 Å². The highest BCUT2D eigenvalue weighted by atomic mass is 127. The van der Waals surface area contributed by atoms with E-state index >= 15 is 0 Å². The van der Waals surface area contributed by atoms with Crippen LogP contribution in [-0.4, -0.2) is 64.7 Å². The Bertz CT molecular complexity index is 729. The number of nitrogens with one attached hydrogen (secondary N) is 2. The van der Waals surface area contributed by atoms with Crippen LogP contribution in [0.3, 0.4) is 0 Å². The Balaban J connectivity index is 0.00000300. The Morgan fingerprint density at radius 1 is 1.28 bits per heavy atom. The van der Waals surface area contributed by atoms with Gasteiger partial charge >= 0.3 is 0 Å². The van der Waals surface area contributed by atoms with Crippen molar-refractivity contribution in [3.05, 3.63) is 30.2 Å². The summed E-state index contributed by atoms with van der Waals surface area (Å²) in [6.45, 7) is 9.28. The number of hydrogen-bond donors (Lipinski definition) is 2. The number of aromatic nitrogens is 3. The molecule has 0 spiro atoms. The average Bonchev–Trinajstić information content (AvgIpc) is 3.19. The van der Waals surface area contributed by atoms with Gasteiger partial charge in [-0.3, -0.25) is 9.98 Å². The molecule has 1 fully saturated rings. The molecule has 0 saturated carbocycles. The number of pyridine rings is 1. The van der Waals surface area contributed by atoms with Crippen molar-refractivity contribution in [2.24, 2.45) is 4.99 Å². The zero-order valence-electron chi connectivity index (χ0n) is 17.3. The smallest absolute Gasteiger partial charge is 0.276 e. The Morgan fingerprint density at radius 2 is 2.10 bits per heavy atom. The minimum Gasteiger partial charge on any atom is -0.357 e. The quantitative estimate of drug-likeness (QED) is 0.319. The van der Waals surface area contributed by atoms with Gasteiger partial charge in [0.25, 0.3) is 5.89 Å². The van der Waals surface area contributed by atoms with Gasteiger partial charge in [-0.15, -0.1) is 24.0 Å². The zero-order valence-corrected chi connectivity index (χ0v) is 19.6. The molecule has 0 bridgehead atoms. The van der Waals surface area contributed by atoms with Crippen molar-refractivity contribution in [2.45, 2.75) is 45.6 Å². The van der Waals surface area contributed by atoms with Crippen LogP contribution in [0, 0.1) is 0 Å². The fraction of sp³-hybridized carbons (Fsp3) is 0.600. The highest BCUT2D eigenvalue weighted by Gasteiger charge is 2.19. The molecule has 3 heterocycles. The first-order valence-electron chi connectivity index (χ1n) is 10.3. The molecule has 0 aromatic carbocycles. The van der Waals surface area contributed by atoms with Crippen molar-refractivity contribution in [3.63, 3.8) is 0 Å². The molecule has 1 aliphatic heterocycles. The van der Waals surface area contributed by atoms with Crippen molar-refractivity contribution in [3.8, 4) is 11.6 Å². The van der Waals surface area contributed by atoms with Crippen LogP contribution < -0.4 is 10.6 Å². The third-order valence-corrected chi connectivity index (χ3v) is 4.77. The molecule has 1 saturated heterocycles. The lowest BCUT2D eigenvalue weighted by atomic mass is 10.1. The lowest BCUT2D eigenvalue weighted by molar-refractivity contribution is 0.206. The predicted octanol–water partition coefficient (Wildman–Crippen LogP) is 2.72. The van der Waals surface area contributed by atoms with Gasteiger partial charge in [-0.1, -0.05) is 18.1 Å². The summed E-state index contributed by atoms with van der Waals surface area (Å²) in [6.07, 6.45) is 5.87. The summed E-state index contributed by atoms with van der Waals surface area (Å²) in [5, 5.41) is 10.9. The first kappa shape index (κ1) is 23.5. The second-order valence-corrected chi connectivity index (χ2v) is 7.00. The van der Waals surface area contributed by atoms with Crippen molar-refractivity contribution < 1.29 is 4.52 Å². The van der Waals surface area contributed by atoms with Gasteiger partial charge < -0.3 is 20.1 Å². The molecule has 0 unspecified atom stereocenters. The number of aliphatic imine (C=N–C) groups is 1. The van der Waals surface area contributed by atoms with E-state index in [2.05, 4.69) is 49.5 Å². The standard InChI is InChI=1S/C20H31N7O.HI/c1-3-13-27-14-9-16(10-15-27)24-20(21-4-2)23-12-8-18-25-19(28-26-18)17-7-5-6-11-22-17;/h5-7,11,16H,3-4,8-10,12-15H2,1-2H3,(H2,21,23,24);1H. The monoisotopic (exact) mass is 513 g/mol. The highest BCUT2D eigenvalue weighted by Crippen LogP contribution is 2.13. The molecular formula is C20H32IN7O. The van der Waals surface area contributed by atoms with Gasteiger partial charge in [0, 0.05) is 44.8 Å². The minimum absolute atomic E-state index is 0. The molecule has 0 aliphatic carbocycles. The van der Waals surface area contributed by atoms with Crippen LogP contribution in [0.25, 0.3) is 11.6 Å². The maximum absolute atomic E-state index is 5.30. The second-order valence-electron chi connectivity index (χ2n) is 7.00. The number of rotatable bonds is 8. The molecule has 8 nitrogen and oxygen atoms in total. The summed E-state index contributed by atoms with van der Waals surface area (Å²) in [4.78, 5) is 15.9. The predicted molar refractivity (Wildman–Crippen MR) is 126 cm³/mol. The van der Waals surface area contributed by atoms with Crippen molar-refractivity contribution in [2.75, 3.05) is 32.7 Å². The number of hydrogen-bond acceptors (Lipinski definition) is 6. The molecule has 1 aliphatic rings. The molecule has 0 amide bonds. The van der Waals surface area contributed by atoms with Gasteiger partial charge in [0.2, 0.25) is 0 Å². The molecule has 2 aromatic heterocycles. The summed E-state index contributed by atoms with van der Waals surface area (Å²) >= 11 is 0. The minimum atomic E-state index is 0. The number of likely N-dealkylation sites (tertiary alicyclic amines) is 1. The van der Waals surface area contributed by atoms with Crippen LogP contribution >= 0.6 is 24.0 Å². The fourth-order valence-electron chi connectivity index (χ4n) is 3.35. The van der Waals surface area contributed by atoms with Gasteiger partial charge in [-0.2, -0.15) is 4.98 Å². The van der Waals surface area contributed by atoms with Gasteiger partial charge in [-0.25, -0.2) is 0 Å². The van der Waals surface area contributed by atoms with Gasteiger partial charge in [0.05, 0.1) is 0 Å². The van der Waals surface area contributed by atoms with Crippen molar-refractivity contribution in [1.82, 2.24) is 30.7 Å². The second kappa shape index (κ2) is 12.7. The highest BCUT2D eigenvalue weighted by molar-refractivity contribution is 14.0. The van der Waals surface area contributed by atoms with E-state index in [0.29, 0.717) is 36.4 Å². The first-order chi connectivity index (χ1) is 13.8. The van der Waals surface area contributed by atoms with E-state index in [0.717, 1.165) is 38.4 Å². The molecule has 2 aromatic rings. The van der Waals surface area contributed by atoms with E-state index in [1.807, 2.05) is 18.2 Å². The van der Waals surface area contributed by atoms with E-state index in [9.17, 15) is 0 Å². The number of guanidine groups is 1. The van der Waals surface area contributed by atoms with Gasteiger partial charge in [0.15, 0.2) is 11.8 Å². The summed E-state index contributed by atoms with van der Waals surface area (Å²) in [5.74, 6) is 1.96. The topological polar surface area (TPSA) is 91.5 Å². The largest absolute Gasteiger partial charge is 0.357 e. The van der Waals surface area contributed by atoms with E-state index in [4.69, 9.17) is 4.52 Å². The SMILES string of the molecule is CCCN1CCC(NC(=NCCc2noc(-c3ccccn3)n2)NCC)CC1.I. The molecule has 3 rings (SSSR count). The maximum atomic E-state index is 5.30. The average molecular weight is 513 g/mol. The summed E-state index contributed by atoms with van der Waals surface area (Å²) in [7, 11) is 0. The Labute approximate surface area is 190 Å². The Hall–Kier alpha value is -1.75. The van der Waals surface area contributed by atoms with Crippen LogP contribution in [0.15, 0.2) is 33.9 Å². The van der Waals surface area contributed by atoms with E-state index in [1.54, 1.807) is 6.20 Å². The van der Waals surface area contributed by atoms with Crippen LogP contribution in [0.2, 0.25) is 0 Å². The molecule has 29 heavy (non-hydrogen) atoms. The lowest BCUT2D eigenvalue weighted by Crippen LogP contribution is -2.48. The van der Waals surface area contributed by atoms with Crippen molar-refractivity contribution in [1.29, 1.82) is 0 Å². The zero-order chi connectivity index (χ0) is 19.6. The third kappa shape index (κ3) is 7.54. The van der Waals surface area contributed by atoms with E-state index < -0.39 is 0 Å². The summed E-state index contributed by atoms with van der Waals surface area (Å²) < 4.78 is 5.30. The van der Waals surface area contributed by atoms with Crippen LogP contribution in [0.4, 0.5) is 0 Å². The lowest BCUT2D eigenvalue weighted by Gasteiger charge is -2.32. The number of piperidine rings is 1. The maximum Gasteiger partial charge on any atom is 0.276 e.